The zero-order valence-corrected chi connectivity index (χ0v) is 16.2. The van der Waals surface area contributed by atoms with Crippen LogP contribution in [-0.4, -0.2) is 51.7 Å². The highest BCUT2D eigenvalue weighted by Crippen LogP contribution is 2.15. The van der Waals surface area contributed by atoms with E-state index in [4.69, 9.17) is 9.26 Å². The fourth-order valence-corrected chi connectivity index (χ4v) is 3.49. The van der Waals surface area contributed by atoms with Gasteiger partial charge in [0.15, 0.2) is 5.82 Å². The lowest BCUT2D eigenvalue weighted by atomic mass is 10.2. The number of hydrogen-bond donors (Lipinski definition) is 2. The lowest BCUT2D eigenvalue weighted by Gasteiger charge is -2.24. The van der Waals surface area contributed by atoms with Gasteiger partial charge in [0.1, 0.15) is 11.6 Å². The predicted octanol–water partition coefficient (Wildman–Crippen LogP) is 1.84. The number of carbonyl (C=O) groups is 1. The molecule has 1 atom stereocenters. The molecule has 9 nitrogen and oxygen atoms in total. The third kappa shape index (κ3) is 4.87. The van der Waals surface area contributed by atoms with Crippen molar-refractivity contribution in [3.8, 4) is 0 Å². The summed E-state index contributed by atoms with van der Waals surface area (Å²) in [7, 11) is 0. The van der Waals surface area contributed by atoms with Gasteiger partial charge in [-0.1, -0.05) is 17.3 Å². The first-order valence-corrected chi connectivity index (χ1v) is 9.62. The van der Waals surface area contributed by atoms with Crippen LogP contribution in [0, 0.1) is 6.92 Å². The highest BCUT2D eigenvalue weighted by Gasteiger charge is 2.22. The molecule has 4 rings (SSSR count). The Labute approximate surface area is 167 Å². The number of para-hydroxylation sites is 1. The average Bonchev–Trinajstić information content (AvgIpc) is 3.33. The molecule has 0 spiro atoms. The first-order valence-electron chi connectivity index (χ1n) is 9.62. The second-order valence-corrected chi connectivity index (χ2v) is 7.21. The number of anilines is 1. The van der Waals surface area contributed by atoms with E-state index in [1.807, 2.05) is 11.0 Å². The van der Waals surface area contributed by atoms with E-state index < -0.39 is 0 Å². The first kappa shape index (κ1) is 19.3. The Morgan fingerprint density at radius 1 is 1.38 bits per heavy atom. The Bertz CT molecular complexity index is 1050. The fraction of sp³-hybridized carbons (Fsp3) is 0.400. The second-order valence-electron chi connectivity index (χ2n) is 7.21. The molecule has 0 saturated carbocycles. The van der Waals surface area contributed by atoms with Crippen molar-refractivity contribution in [1.29, 1.82) is 0 Å². The molecule has 1 aliphatic heterocycles. The van der Waals surface area contributed by atoms with Crippen LogP contribution in [-0.2, 0) is 16.1 Å². The molecule has 2 N–H and O–H groups in total. The van der Waals surface area contributed by atoms with Crippen LogP contribution in [0.4, 0.5) is 5.82 Å². The fourth-order valence-electron chi connectivity index (χ4n) is 3.49. The van der Waals surface area contributed by atoms with Crippen LogP contribution in [0.1, 0.15) is 24.4 Å². The van der Waals surface area contributed by atoms with E-state index >= 15 is 0 Å². The van der Waals surface area contributed by atoms with Crippen LogP contribution in [0.5, 0.6) is 0 Å². The van der Waals surface area contributed by atoms with Gasteiger partial charge in [-0.2, -0.15) is 0 Å². The number of nitrogens with zero attached hydrogens (tertiary/aromatic N) is 3. The van der Waals surface area contributed by atoms with Crippen LogP contribution in [0.2, 0.25) is 0 Å². The number of nitrogens with one attached hydrogen (secondary N) is 2. The minimum atomic E-state index is -0.223. The van der Waals surface area contributed by atoms with Gasteiger partial charge < -0.3 is 19.6 Å². The van der Waals surface area contributed by atoms with Crippen LogP contribution >= 0.6 is 0 Å². The van der Waals surface area contributed by atoms with Crippen molar-refractivity contribution >= 4 is 22.6 Å². The number of carbonyl (C=O) groups excluding carboxylic acids is 1. The van der Waals surface area contributed by atoms with Crippen LogP contribution in [0.15, 0.2) is 39.6 Å². The van der Waals surface area contributed by atoms with Crippen molar-refractivity contribution in [2.75, 3.05) is 25.0 Å². The molecule has 1 aromatic carbocycles. The highest BCUT2D eigenvalue weighted by atomic mass is 16.5. The summed E-state index contributed by atoms with van der Waals surface area (Å²) in [6, 6.07) is 8.85. The number of fused-ring (bicyclic) bond motifs is 1. The van der Waals surface area contributed by atoms with Gasteiger partial charge in [-0.15, -0.1) is 0 Å². The van der Waals surface area contributed by atoms with Gasteiger partial charge >= 0.3 is 0 Å². The number of aryl methyl sites for hydroxylation is 1. The summed E-state index contributed by atoms with van der Waals surface area (Å²) in [5, 5.41) is 7.06. The molecule has 3 aromatic rings. The Hall–Kier alpha value is -3.04. The quantitative estimate of drug-likeness (QED) is 0.625. The van der Waals surface area contributed by atoms with Crippen LogP contribution in [0.3, 0.4) is 0 Å². The minimum absolute atomic E-state index is 0.0595. The number of H-pyrrole nitrogens is 1. The zero-order valence-electron chi connectivity index (χ0n) is 16.2. The maximum absolute atomic E-state index is 12.5. The first-order chi connectivity index (χ1) is 14.1. The summed E-state index contributed by atoms with van der Waals surface area (Å²) in [4.78, 5) is 34.2. The number of hydrogen-bond acceptors (Lipinski definition) is 7. The van der Waals surface area contributed by atoms with E-state index in [2.05, 4.69) is 20.4 Å². The molecule has 1 unspecified atom stereocenters. The number of amides is 1. The third-order valence-electron chi connectivity index (χ3n) is 4.78. The molecule has 1 fully saturated rings. The molecule has 152 valence electrons. The number of rotatable bonds is 7. The van der Waals surface area contributed by atoms with Crippen molar-refractivity contribution < 1.29 is 14.1 Å². The Morgan fingerprint density at radius 2 is 2.24 bits per heavy atom. The van der Waals surface area contributed by atoms with E-state index in [0.717, 1.165) is 19.4 Å². The molecule has 1 amide bonds. The molecular formula is C20H23N5O4. The summed E-state index contributed by atoms with van der Waals surface area (Å²) in [5.74, 6) is 1.28. The zero-order chi connectivity index (χ0) is 20.2. The second kappa shape index (κ2) is 8.54. The van der Waals surface area contributed by atoms with Gasteiger partial charge in [0.25, 0.3) is 5.56 Å². The maximum Gasteiger partial charge on any atom is 0.258 e. The molecule has 3 heterocycles. The number of aromatic amines is 1. The molecule has 9 heteroatoms. The molecule has 0 bridgehead atoms. The molecule has 2 aromatic heterocycles. The van der Waals surface area contributed by atoms with Crippen molar-refractivity contribution in [1.82, 2.24) is 20.0 Å². The van der Waals surface area contributed by atoms with Crippen molar-refractivity contribution in [3.05, 3.63) is 52.3 Å². The van der Waals surface area contributed by atoms with Gasteiger partial charge in [-0.25, -0.2) is 4.98 Å². The molecule has 0 radical (unpaired) electrons. The van der Waals surface area contributed by atoms with Crippen molar-refractivity contribution in [2.24, 2.45) is 0 Å². The lowest BCUT2D eigenvalue weighted by Crippen LogP contribution is -2.38. The van der Waals surface area contributed by atoms with E-state index in [1.54, 1.807) is 31.2 Å². The summed E-state index contributed by atoms with van der Waals surface area (Å²) in [6.45, 7) is 3.50. The molecule has 29 heavy (non-hydrogen) atoms. The molecule has 0 aliphatic carbocycles. The van der Waals surface area contributed by atoms with E-state index in [9.17, 15) is 9.59 Å². The number of aromatic nitrogens is 3. The van der Waals surface area contributed by atoms with Gasteiger partial charge in [-0.05, 0) is 31.9 Å². The number of benzene rings is 1. The van der Waals surface area contributed by atoms with Gasteiger partial charge in [0, 0.05) is 19.2 Å². The maximum atomic E-state index is 12.5. The largest absolute Gasteiger partial charge is 0.377 e. The topological polar surface area (TPSA) is 113 Å². The summed E-state index contributed by atoms with van der Waals surface area (Å²) in [6.07, 6.45) is 2.01. The molecule has 1 saturated heterocycles. The minimum Gasteiger partial charge on any atom is -0.377 e. The molecule has 1 aliphatic rings. The summed E-state index contributed by atoms with van der Waals surface area (Å²) < 4.78 is 10.7. The Balaban J connectivity index is 1.50. The van der Waals surface area contributed by atoms with Crippen molar-refractivity contribution in [3.63, 3.8) is 0 Å². The Morgan fingerprint density at radius 3 is 3.00 bits per heavy atom. The molecular weight excluding hydrogens is 374 g/mol. The monoisotopic (exact) mass is 397 g/mol. The summed E-state index contributed by atoms with van der Waals surface area (Å²) >= 11 is 0. The van der Waals surface area contributed by atoms with Crippen LogP contribution < -0.4 is 10.9 Å². The highest BCUT2D eigenvalue weighted by molar-refractivity contribution is 5.91. The lowest BCUT2D eigenvalue weighted by molar-refractivity contribution is -0.117. The third-order valence-corrected chi connectivity index (χ3v) is 4.78. The van der Waals surface area contributed by atoms with E-state index in [0.29, 0.717) is 41.4 Å². The predicted molar refractivity (Wildman–Crippen MR) is 106 cm³/mol. The summed E-state index contributed by atoms with van der Waals surface area (Å²) in [5.41, 5.74) is 0.441. The van der Waals surface area contributed by atoms with Crippen molar-refractivity contribution in [2.45, 2.75) is 32.4 Å². The SMILES string of the molecule is Cc1cc(NC(=O)CN(Cc2nc3ccccc3c(=O)[nH]2)CC2CCCO2)no1. The number of ether oxygens (including phenoxy) is 1. The van der Waals surface area contributed by atoms with Gasteiger partial charge in [0.05, 0.1) is 30.1 Å². The Kier molecular flexibility index (Phi) is 5.68. The van der Waals surface area contributed by atoms with E-state index in [1.165, 1.54) is 0 Å². The van der Waals surface area contributed by atoms with Gasteiger partial charge in [-0.3, -0.25) is 14.5 Å². The smallest absolute Gasteiger partial charge is 0.258 e. The van der Waals surface area contributed by atoms with Crippen LogP contribution in [0.25, 0.3) is 10.9 Å². The average molecular weight is 397 g/mol. The normalized spacial score (nSPS) is 16.6. The standard InChI is InChI=1S/C20H23N5O4/c1-13-9-17(24-29-13)22-19(26)12-25(10-14-5-4-8-28-14)11-18-21-16-7-3-2-6-15(16)20(27)23-18/h2-3,6-7,9,14H,4-5,8,10-12H2,1H3,(H,21,23,27)(H,22,24,26). The van der Waals surface area contributed by atoms with E-state index in [-0.39, 0.29) is 24.1 Å². The van der Waals surface area contributed by atoms with Gasteiger partial charge in [0.2, 0.25) is 5.91 Å².